The number of hydrogen-bond acceptors (Lipinski definition) is 5. The van der Waals surface area contributed by atoms with Crippen molar-refractivity contribution in [2.45, 2.75) is 46.1 Å². The first-order valence-corrected chi connectivity index (χ1v) is 11.5. The highest BCUT2D eigenvalue weighted by Gasteiger charge is 2.35. The highest BCUT2D eigenvalue weighted by molar-refractivity contribution is 6.02. The number of amides is 2. The van der Waals surface area contributed by atoms with Gasteiger partial charge in [0.15, 0.2) is 0 Å². The minimum atomic E-state index is -1.42. The molecule has 1 aliphatic rings. The fraction of sp³-hybridized carbons (Fsp3) is 0.250. The number of carbonyl (C=O) groups is 3. The number of carbonyl (C=O) groups excluding carboxylic acids is 3. The third-order valence-corrected chi connectivity index (χ3v) is 5.10. The maximum Gasteiger partial charge on any atom is 0.363 e. The molecule has 0 radical (unpaired) electrons. The van der Waals surface area contributed by atoms with Crippen LogP contribution in [-0.2, 0) is 20.0 Å². The molecule has 1 aliphatic heterocycles. The van der Waals surface area contributed by atoms with E-state index in [1.54, 1.807) is 12.1 Å². The van der Waals surface area contributed by atoms with Crippen LogP contribution in [0.2, 0.25) is 0 Å². The molecule has 1 saturated heterocycles. The largest absolute Gasteiger partial charge is 0.376 e. The number of benzene rings is 3. The van der Waals surface area contributed by atoms with Gasteiger partial charge in [0, 0.05) is 12.8 Å². The monoisotopic (exact) mass is 461 g/mol. The highest BCUT2D eigenvalue weighted by Crippen LogP contribution is 2.36. The van der Waals surface area contributed by atoms with Crippen LogP contribution in [0, 0.1) is 0 Å². The molecule has 0 aromatic heterocycles. The summed E-state index contributed by atoms with van der Waals surface area (Å²) in [6.07, 6.45) is 0.0679. The second-order valence-electron chi connectivity index (χ2n) is 6.98. The quantitative estimate of drug-likeness (QED) is 0.415. The topological polar surface area (TPSA) is 83.9 Å². The van der Waals surface area contributed by atoms with Crippen LogP contribution in [0.15, 0.2) is 84.9 Å². The Labute approximate surface area is 200 Å². The summed E-state index contributed by atoms with van der Waals surface area (Å²) in [6.45, 7) is 8.00. The summed E-state index contributed by atoms with van der Waals surface area (Å²) in [5.74, 6) is -1.88. The molecule has 6 heteroatoms. The van der Waals surface area contributed by atoms with E-state index in [0.29, 0.717) is 21.8 Å². The first-order valence-electron chi connectivity index (χ1n) is 11.5. The van der Waals surface area contributed by atoms with Gasteiger partial charge in [0.1, 0.15) is 5.60 Å². The fourth-order valence-corrected chi connectivity index (χ4v) is 3.50. The zero-order valence-electron chi connectivity index (χ0n) is 20.0. The van der Waals surface area contributed by atoms with Gasteiger partial charge in [-0.1, -0.05) is 100 Å². The molecule has 0 saturated carbocycles. The molecule has 178 valence electrons. The number of imide groups is 1. The van der Waals surface area contributed by atoms with Crippen LogP contribution >= 0.6 is 0 Å². The van der Waals surface area contributed by atoms with Gasteiger partial charge in [0.2, 0.25) is 0 Å². The van der Waals surface area contributed by atoms with Gasteiger partial charge in [-0.05, 0) is 28.8 Å². The van der Waals surface area contributed by atoms with Gasteiger partial charge in [0.25, 0.3) is 11.8 Å². The van der Waals surface area contributed by atoms with E-state index in [9.17, 15) is 19.5 Å². The Hall–Kier alpha value is -3.77. The molecule has 0 bridgehead atoms. The molecular formula is C28H31NO5. The van der Waals surface area contributed by atoms with E-state index < -0.39 is 23.4 Å². The van der Waals surface area contributed by atoms with Crippen molar-refractivity contribution in [2.24, 2.45) is 0 Å². The zero-order chi connectivity index (χ0) is 25.1. The van der Waals surface area contributed by atoms with Crippen molar-refractivity contribution in [1.29, 1.82) is 0 Å². The van der Waals surface area contributed by atoms with Gasteiger partial charge in [-0.15, -0.1) is 5.06 Å². The van der Waals surface area contributed by atoms with E-state index in [0.717, 1.165) is 0 Å². The van der Waals surface area contributed by atoms with E-state index in [-0.39, 0.29) is 18.4 Å². The number of rotatable bonds is 5. The maximum absolute atomic E-state index is 12.4. The lowest BCUT2D eigenvalue weighted by Crippen LogP contribution is -2.32. The summed E-state index contributed by atoms with van der Waals surface area (Å²) in [4.78, 5) is 40.6. The lowest BCUT2D eigenvalue weighted by Gasteiger charge is -2.30. The van der Waals surface area contributed by atoms with Crippen LogP contribution in [-0.4, -0.2) is 28.0 Å². The lowest BCUT2D eigenvalue weighted by molar-refractivity contribution is -0.172. The van der Waals surface area contributed by atoms with Gasteiger partial charge >= 0.3 is 5.97 Å². The molecule has 6 nitrogen and oxygen atoms in total. The molecule has 0 aliphatic carbocycles. The van der Waals surface area contributed by atoms with E-state index in [2.05, 4.69) is 0 Å². The molecule has 3 aromatic rings. The van der Waals surface area contributed by atoms with Crippen molar-refractivity contribution in [1.82, 2.24) is 5.06 Å². The molecule has 0 atom stereocenters. The van der Waals surface area contributed by atoms with Crippen molar-refractivity contribution in [3.05, 3.63) is 107 Å². The van der Waals surface area contributed by atoms with Gasteiger partial charge in [-0.25, -0.2) is 4.79 Å². The second-order valence-corrected chi connectivity index (χ2v) is 6.98. The average molecular weight is 462 g/mol. The van der Waals surface area contributed by atoms with Gasteiger partial charge in [0.05, 0.1) is 5.56 Å². The van der Waals surface area contributed by atoms with Crippen molar-refractivity contribution in [2.75, 3.05) is 0 Å². The van der Waals surface area contributed by atoms with Gasteiger partial charge in [-0.3, -0.25) is 9.59 Å². The van der Waals surface area contributed by atoms with E-state index in [1.165, 1.54) is 12.1 Å². The third-order valence-electron chi connectivity index (χ3n) is 5.10. The molecule has 1 N–H and O–H groups in total. The SMILES string of the molecule is CC.CC.O=C(ON1C(=O)CCC1=O)c1ccc(C(O)(c2ccccc2)c2ccccc2)cc1. The van der Waals surface area contributed by atoms with E-state index >= 15 is 0 Å². The summed E-state index contributed by atoms with van der Waals surface area (Å²) >= 11 is 0. The molecule has 3 aromatic carbocycles. The first kappa shape index (κ1) is 26.5. The van der Waals surface area contributed by atoms with Gasteiger partial charge < -0.3 is 9.94 Å². The Balaban J connectivity index is 0.000000970. The van der Waals surface area contributed by atoms with Crippen molar-refractivity contribution in [3.8, 4) is 0 Å². The highest BCUT2D eigenvalue weighted by atomic mass is 16.7. The van der Waals surface area contributed by atoms with E-state index in [4.69, 9.17) is 4.84 Å². The Morgan fingerprint density at radius 1 is 0.706 bits per heavy atom. The maximum atomic E-state index is 12.4. The summed E-state index contributed by atoms with van der Waals surface area (Å²) in [6, 6.07) is 24.7. The summed E-state index contributed by atoms with van der Waals surface area (Å²) in [5, 5.41) is 12.3. The minimum absolute atomic E-state index is 0.0340. The fourth-order valence-electron chi connectivity index (χ4n) is 3.50. The van der Waals surface area contributed by atoms with Crippen LogP contribution < -0.4 is 0 Å². The minimum Gasteiger partial charge on any atom is -0.376 e. The van der Waals surface area contributed by atoms with Crippen LogP contribution in [0.5, 0.6) is 0 Å². The Kier molecular flexibility index (Phi) is 9.71. The standard InChI is InChI=1S/C24H19NO5.2C2H6/c26-21-15-16-22(27)25(21)30-23(28)17-11-13-20(14-12-17)24(29,18-7-3-1-4-8-18)19-9-5-2-6-10-19;2*1-2/h1-14,29H,15-16H2;2*1-2H3. The Morgan fingerprint density at radius 2 is 1.09 bits per heavy atom. The number of aliphatic hydroxyl groups is 1. The van der Waals surface area contributed by atoms with Crippen molar-refractivity contribution >= 4 is 17.8 Å². The first-order chi connectivity index (χ1) is 16.5. The number of hydrogen-bond donors (Lipinski definition) is 1. The third kappa shape index (κ3) is 5.58. The van der Waals surface area contributed by atoms with Gasteiger partial charge in [-0.2, -0.15) is 0 Å². The van der Waals surface area contributed by atoms with Crippen LogP contribution in [0.4, 0.5) is 0 Å². The van der Waals surface area contributed by atoms with Crippen LogP contribution in [0.3, 0.4) is 0 Å². The second kappa shape index (κ2) is 12.5. The molecular weight excluding hydrogens is 430 g/mol. The molecule has 0 unspecified atom stereocenters. The number of hydroxylamine groups is 2. The van der Waals surface area contributed by atoms with Crippen molar-refractivity contribution < 1.29 is 24.3 Å². The Bertz CT molecular complexity index is 1020. The van der Waals surface area contributed by atoms with Crippen LogP contribution in [0.25, 0.3) is 0 Å². The number of nitrogens with zero attached hydrogens (tertiary/aromatic N) is 1. The predicted molar refractivity (Wildman–Crippen MR) is 131 cm³/mol. The molecule has 1 heterocycles. The van der Waals surface area contributed by atoms with Crippen molar-refractivity contribution in [3.63, 3.8) is 0 Å². The summed E-state index contributed by atoms with van der Waals surface area (Å²) in [7, 11) is 0. The molecule has 1 fully saturated rings. The summed E-state index contributed by atoms with van der Waals surface area (Å²) < 4.78 is 0. The normalized spacial score (nSPS) is 12.8. The van der Waals surface area contributed by atoms with Crippen LogP contribution in [0.1, 0.15) is 67.6 Å². The Morgan fingerprint density at radius 3 is 1.50 bits per heavy atom. The average Bonchev–Trinajstić information content (AvgIpc) is 3.23. The molecule has 34 heavy (non-hydrogen) atoms. The zero-order valence-corrected chi connectivity index (χ0v) is 20.0. The lowest BCUT2D eigenvalue weighted by atomic mass is 9.80. The van der Waals surface area contributed by atoms with E-state index in [1.807, 2.05) is 88.4 Å². The molecule has 0 spiro atoms. The molecule has 2 amide bonds. The molecule has 4 rings (SSSR count). The summed E-state index contributed by atoms with van der Waals surface area (Å²) in [5.41, 5.74) is 0.658. The smallest absolute Gasteiger partial charge is 0.363 e. The predicted octanol–water partition coefficient (Wildman–Crippen LogP) is 5.24.